The van der Waals surface area contributed by atoms with E-state index in [1.54, 1.807) is 0 Å². The van der Waals surface area contributed by atoms with Crippen LogP contribution in [0.1, 0.15) is 17.9 Å². The van der Waals surface area contributed by atoms with Gasteiger partial charge in [0.1, 0.15) is 12.1 Å². The van der Waals surface area contributed by atoms with Crippen LogP contribution in [0.15, 0.2) is 85.2 Å². The summed E-state index contributed by atoms with van der Waals surface area (Å²) < 4.78 is 42.4. The summed E-state index contributed by atoms with van der Waals surface area (Å²) >= 11 is 5.41. The molecule has 1 fully saturated rings. The lowest BCUT2D eigenvalue weighted by Gasteiger charge is -2.10. The van der Waals surface area contributed by atoms with Crippen molar-refractivity contribution in [3.63, 3.8) is 0 Å². The number of anilines is 1. The maximum absolute atomic E-state index is 12.3. The van der Waals surface area contributed by atoms with Gasteiger partial charge in [-0.15, -0.1) is 18.3 Å². The standard InChI is InChI=1S/C25H20F3N5OS/c26-25(27,28)34-20-12-10-19(11-13-20)33-15-29-23(32-33)17-8-6-16(7-9-17)21-14-22(21)31-24(35)30-18-4-2-1-3-5-18/h1-13,15,21-22H,14H2,(H2,30,31,35). The second-order valence-corrected chi connectivity index (χ2v) is 8.50. The molecule has 1 aliphatic carbocycles. The number of thiocarbonyl (C=S) groups is 1. The topological polar surface area (TPSA) is 64.0 Å². The van der Waals surface area contributed by atoms with E-state index in [0.29, 0.717) is 22.5 Å². The third kappa shape index (κ3) is 5.78. The summed E-state index contributed by atoms with van der Waals surface area (Å²) in [7, 11) is 0. The lowest BCUT2D eigenvalue weighted by Crippen LogP contribution is -2.31. The first-order valence-electron chi connectivity index (χ1n) is 10.8. The van der Waals surface area contributed by atoms with E-state index in [0.717, 1.165) is 17.7 Å². The van der Waals surface area contributed by atoms with Gasteiger partial charge in [0, 0.05) is 23.2 Å². The largest absolute Gasteiger partial charge is 0.573 e. The van der Waals surface area contributed by atoms with Gasteiger partial charge in [-0.2, -0.15) is 0 Å². The molecule has 35 heavy (non-hydrogen) atoms. The number of nitrogens with zero attached hydrogens (tertiary/aromatic N) is 3. The molecule has 2 atom stereocenters. The van der Waals surface area contributed by atoms with Gasteiger partial charge in [0.15, 0.2) is 10.9 Å². The van der Waals surface area contributed by atoms with Crippen molar-refractivity contribution in [2.75, 3.05) is 5.32 Å². The number of nitrogens with one attached hydrogen (secondary N) is 2. The zero-order chi connectivity index (χ0) is 24.4. The molecule has 1 aromatic heterocycles. The second-order valence-electron chi connectivity index (χ2n) is 8.09. The minimum absolute atomic E-state index is 0.284. The number of ether oxygens (including phenoxy) is 1. The number of rotatable bonds is 6. The fraction of sp³-hybridized carbons (Fsp3) is 0.160. The van der Waals surface area contributed by atoms with Crippen LogP contribution >= 0.6 is 12.2 Å². The molecule has 0 amide bonds. The normalized spacial score (nSPS) is 17.0. The van der Waals surface area contributed by atoms with Crippen LogP contribution in [0.3, 0.4) is 0 Å². The maximum atomic E-state index is 12.3. The third-order valence-corrected chi connectivity index (χ3v) is 5.78. The molecular formula is C25H20F3N5OS. The van der Waals surface area contributed by atoms with Gasteiger partial charge in [-0.05, 0) is 60.6 Å². The van der Waals surface area contributed by atoms with Crippen molar-refractivity contribution in [1.29, 1.82) is 0 Å². The molecule has 1 saturated carbocycles. The summed E-state index contributed by atoms with van der Waals surface area (Å²) in [5.41, 5.74) is 3.57. The van der Waals surface area contributed by atoms with Crippen molar-refractivity contribution in [3.05, 3.63) is 90.8 Å². The van der Waals surface area contributed by atoms with Gasteiger partial charge < -0.3 is 15.4 Å². The molecule has 0 spiro atoms. The molecule has 0 saturated heterocycles. The lowest BCUT2D eigenvalue weighted by atomic mass is 10.1. The number of hydrogen-bond donors (Lipinski definition) is 2. The van der Waals surface area contributed by atoms with E-state index in [1.165, 1.54) is 40.8 Å². The average molecular weight is 496 g/mol. The molecule has 10 heteroatoms. The molecule has 2 unspecified atom stereocenters. The summed E-state index contributed by atoms with van der Waals surface area (Å²) in [5.74, 6) is 0.607. The van der Waals surface area contributed by atoms with Crippen molar-refractivity contribution in [3.8, 4) is 22.8 Å². The van der Waals surface area contributed by atoms with Crippen LogP contribution in [0.4, 0.5) is 18.9 Å². The van der Waals surface area contributed by atoms with E-state index in [4.69, 9.17) is 12.2 Å². The predicted octanol–water partition coefficient (Wildman–Crippen LogP) is 5.68. The Labute approximate surface area is 204 Å². The number of halogens is 3. The predicted molar refractivity (Wildman–Crippen MR) is 130 cm³/mol. The molecule has 2 N–H and O–H groups in total. The van der Waals surface area contributed by atoms with Gasteiger partial charge >= 0.3 is 6.36 Å². The zero-order valence-electron chi connectivity index (χ0n) is 18.2. The zero-order valence-corrected chi connectivity index (χ0v) is 19.1. The van der Waals surface area contributed by atoms with E-state index in [-0.39, 0.29) is 11.8 Å². The first-order chi connectivity index (χ1) is 16.8. The van der Waals surface area contributed by atoms with Crippen molar-refractivity contribution >= 4 is 23.0 Å². The Hall–Kier alpha value is -3.92. The first-order valence-corrected chi connectivity index (χ1v) is 11.3. The first kappa shape index (κ1) is 22.9. The Balaban J connectivity index is 1.18. The number of hydrogen-bond acceptors (Lipinski definition) is 4. The third-order valence-electron chi connectivity index (χ3n) is 5.56. The smallest absolute Gasteiger partial charge is 0.406 e. The molecular weight excluding hydrogens is 475 g/mol. The summed E-state index contributed by atoms with van der Waals surface area (Å²) in [6.45, 7) is 0. The Kier molecular flexibility index (Phi) is 6.12. The van der Waals surface area contributed by atoms with Gasteiger partial charge in [-0.25, -0.2) is 9.67 Å². The molecule has 3 aromatic carbocycles. The minimum atomic E-state index is -4.73. The molecule has 0 radical (unpaired) electrons. The molecule has 0 bridgehead atoms. The van der Waals surface area contributed by atoms with E-state index >= 15 is 0 Å². The fourth-order valence-electron chi connectivity index (χ4n) is 3.78. The van der Waals surface area contributed by atoms with Gasteiger partial charge in [0.05, 0.1) is 5.69 Å². The molecule has 6 nitrogen and oxygen atoms in total. The van der Waals surface area contributed by atoms with Gasteiger partial charge in [-0.1, -0.05) is 42.5 Å². The highest BCUT2D eigenvalue weighted by Gasteiger charge is 2.38. The molecule has 5 rings (SSSR count). The molecule has 178 valence electrons. The van der Waals surface area contributed by atoms with Gasteiger partial charge in [0.25, 0.3) is 0 Å². The Morgan fingerprint density at radius 2 is 1.69 bits per heavy atom. The van der Waals surface area contributed by atoms with E-state index < -0.39 is 6.36 Å². The highest BCUT2D eigenvalue weighted by molar-refractivity contribution is 7.80. The molecule has 0 aliphatic heterocycles. The van der Waals surface area contributed by atoms with Crippen molar-refractivity contribution in [2.45, 2.75) is 24.7 Å². The van der Waals surface area contributed by atoms with Crippen LogP contribution in [0.25, 0.3) is 17.1 Å². The average Bonchev–Trinajstić information content (AvgIpc) is 3.41. The quantitative estimate of drug-likeness (QED) is 0.336. The minimum Gasteiger partial charge on any atom is -0.406 e. The van der Waals surface area contributed by atoms with Crippen molar-refractivity contribution in [2.24, 2.45) is 0 Å². The van der Waals surface area contributed by atoms with Crippen molar-refractivity contribution in [1.82, 2.24) is 20.1 Å². The SMILES string of the molecule is FC(F)(F)Oc1ccc(-n2cnc(-c3ccc(C4CC4NC(=S)Nc4ccccc4)cc3)n2)cc1. The lowest BCUT2D eigenvalue weighted by molar-refractivity contribution is -0.274. The monoisotopic (exact) mass is 495 g/mol. The highest BCUT2D eigenvalue weighted by atomic mass is 32.1. The molecule has 1 aliphatic rings. The molecule has 1 heterocycles. The Bertz CT molecular complexity index is 1310. The van der Waals surface area contributed by atoms with Crippen LogP contribution in [0.2, 0.25) is 0 Å². The number of aromatic nitrogens is 3. The Morgan fingerprint density at radius 3 is 2.37 bits per heavy atom. The van der Waals surface area contributed by atoms with Crippen LogP contribution in [-0.4, -0.2) is 32.3 Å². The van der Waals surface area contributed by atoms with Crippen molar-refractivity contribution < 1.29 is 17.9 Å². The Morgan fingerprint density at radius 1 is 0.971 bits per heavy atom. The number of alkyl halides is 3. The maximum Gasteiger partial charge on any atom is 0.573 e. The van der Waals surface area contributed by atoms with E-state index in [1.807, 2.05) is 42.5 Å². The van der Waals surface area contributed by atoms with Crippen LogP contribution in [-0.2, 0) is 0 Å². The van der Waals surface area contributed by atoms with Gasteiger partial charge in [0.2, 0.25) is 0 Å². The number of para-hydroxylation sites is 1. The van der Waals surface area contributed by atoms with Crippen LogP contribution in [0.5, 0.6) is 5.75 Å². The summed E-state index contributed by atoms with van der Waals surface area (Å²) in [6, 6.07) is 23.5. The fourth-order valence-corrected chi connectivity index (χ4v) is 4.05. The highest BCUT2D eigenvalue weighted by Crippen LogP contribution is 2.41. The second kappa shape index (κ2) is 9.38. The van der Waals surface area contributed by atoms with Gasteiger partial charge in [-0.3, -0.25) is 0 Å². The van der Waals surface area contributed by atoms with Crippen LogP contribution < -0.4 is 15.4 Å². The van der Waals surface area contributed by atoms with E-state index in [9.17, 15) is 13.2 Å². The summed E-state index contributed by atoms with van der Waals surface area (Å²) in [6.07, 6.45) is -2.21. The summed E-state index contributed by atoms with van der Waals surface area (Å²) in [4.78, 5) is 4.33. The summed E-state index contributed by atoms with van der Waals surface area (Å²) in [5, 5.41) is 11.6. The number of benzene rings is 3. The van der Waals surface area contributed by atoms with E-state index in [2.05, 4.69) is 37.6 Å². The molecule has 4 aromatic rings. The van der Waals surface area contributed by atoms with Crippen LogP contribution in [0, 0.1) is 0 Å².